The molecule has 1 saturated heterocycles. The van der Waals surface area contributed by atoms with E-state index in [2.05, 4.69) is 56.8 Å². The maximum absolute atomic E-state index is 14.1. The number of aryl methyl sites for hydroxylation is 1. The fourth-order valence-electron chi connectivity index (χ4n) is 12.6. The summed E-state index contributed by atoms with van der Waals surface area (Å²) >= 11 is 0. The molecule has 1 N–H and O–H groups in total. The van der Waals surface area contributed by atoms with E-state index in [-0.39, 0.29) is 30.0 Å². The highest BCUT2D eigenvalue weighted by atomic mass is 16.5. The molecule has 4 bridgehead atoms. The molecule has 7 rings (SSSR count). The van der Waals surface area contributed by atoms with E-state index < -0.39 is 22.2 Å². The number of hydrogen-bond donors (Lipinski definition) is 1. The Bertz CT molecular complexity index is 1320. The lowest BCUT2D eigenvalue weighted by Gasteiger charge is -2.60. The van der Waals surface area contributed by atoms with Crippen LogP contribution in [-0.2, 0) is 20.9 Å². The van der Waals surface area contributed by atoms with Gasteiger partial charge in [-0.05, 0) is 92.2 Å². The summed E-state index contributed by atoms with van der Waals surface area (Å²) in [5.41, 5.74) is 0.857. The SMILES string of the molecule is Cc1cncc(CN(C)CC2OC(C34C[C@@H]5[C@H](C)CC[C@H]5C5(C=O)CC3C=C(C(C)C)[C@@]45C(=O)O)CC2C2CCCCC2)c1. The third kappa shape index (κ3) is 4.08. The number of carbonyl (C=O) groups excluding carboxylic acids is 1. The molecule has 4 saturated carbocycles. The maximum Gasteiger partial charge on any atom is 0.315 e. The molecule has 1 aromatic heterocycles. The maximum atomic E-state index is 14.1. The molecular formula is C38H54N2O4. The molecule has 0 aromatic carbocycles. The van der Waals surface area contributed by atoms with Gasteiger partial charge < -0.3 is 14.6 Å². The highest BCUT2D eigenvalue weighted by molar-refractivity contribution is 5.90. The van der Waals surface area contributed by atoms with E-state index >= 15 is 0 Å². The molecule has 5 aliphatic carbocycles. The minimum absolute atomic E-state index is 0.0675. The zero-order valence-electron chi connectivity index (χ0n) is 27.6. The van der Waals surface area contributed by atoms with Crippen molar-refractivity contribution >= 4 is 12.3 Å². The highest BCUT2D eigenvalue weighted by Gasteiger charge is 2.86. The molecule has 6 heteroatoms. The molecule has 240 valence electrons. The number of aromatic nitrogens is 1. The van der Waals surface area contributed by atoms with Gasteiger partial charge in [-0.2, -0.15) is 0 Å². The Morgan fingerprint density at radius 1 is 1.14 bits per heavy atom. The predicted octanol–water partition coefficient (Wildman–Crippen LogP) is 7.10. The molecule has 6 aliphatic rings. The Morgan fingerprint density at radius 2 is 1.91 bits per heavy atom. The Kier molecular flexibility index (Phi) is 7.68. The van der Waals surface area contributed by atoms with Crippen molar-refractivity contribution in [2.24, 2.45) is 57.7 Å². The summed E-state index contributed by atoms with van der Waals surface area (Å²) in [5, 5.41) is 11.6. The molecule has 6 unspecified atom stereocenters. The Hall–Kier alpha value is -2.05. The summed E-state index contributed by atoms with van der Waals surface area (Å²) in [6.45, 7) is 10.4. The lowest BCUT2D eigenvalue weighted by atomic mass is 9.41. The van der Waals surface area contributed by atoms with Crippen LogP contribution in [0.4, 0.5) is 0 Å². The third-order valence-electron chi connectivity index (χ3n) is 14.0. The average molecular weight is 603 g/mol. The van der Waals surface area contributed by atoms with Crippen molar-refractivity contribution in [3.05, 3.63) is 41.2 Å². The first-order valence-corrected chi connectivity index (χ1v) is 17.8. The van der Waals surface area contributed by atoms with Gasteiger partial charge in [0.05, 0.1) is 17.6 Å². The molecule has 1 aliphatic heterocycles. The monoisotopic (exact) mass is 602 g/mol. The number of aldehydes is 1. The van der Waals surface area contributed by atoms with Gasteiger partial charge in [0.25, 0.3) is 0 Å². The molecule has 2 heterocycles. The first kappa shape index (κ1) is 30.6. The molecular weight excluding hydrogens is 548 g/mol. The zero-order chi connectivity index (χ0) is 31.0. The summed E-state index contributed by atoms with van der Waals surface area (Å²) in [6.07, 6.45) is 18.3. The van der Waals surface area contributed by atoms with Gasteiger partial charge in [0.15, 0.2) is 0 Å². The predicted molar refractivity (Wildman–Crippen MR) is 171 cm³/mol. The lowest BCUT2D eigenvalue weighted by Crippen LogP contribution is -2.65. The number of rotatable bonds is 9. The minimum atomic E-state index is -1.17. The Balaban J connectivity index is 1.29. The van der Waals surface area contributed by atoms with Crippen molar-refractivity contribution < 1.29 is 19.4 Å². The van der Waals surface area contributed by atoms with Crippen LogP contribution in [0.15, 0.2) is 30.1 Å². The van der Waals surface area contributed by atoms with Gasteiger partial charge in [0.2, 0.25) is 0 Å². The molecule has 6 nitrogen and oxygen atoms in total. The van der Waals surface area contributed by atoms with E-state index in [1.807, 2.05) is 12.4 Å². The third-order valence-corrected chi connectivity index (χ3v) is 14.0. The number of pyridine rings is 1. The normalized spacial score (nSPS) is 43.1. The van der Waals surface area contributed by atoms with Crippen LogP contribution in [0.25, 0.3) is 0 Å². The van der Waals surface area contributed by atoms with Crippen molar-refractivity contribution in [2.45, 2.75) is 111 Å². The van der Waals surface area contributed by atoms with Crippen LogP contribution >= 0.6 is 0 Å². The fourth-order valence-corrected chi connectivity index (χ4v) is 12.6. The summed E-state index contributed by atoms with van der Waals surface area (Å²) in [7, 11) is 2.19. The van der Waals surface area contributed by atoms with Crippen molar-refractivity contribution in [1.29, 1.82) is 0 Å². The standard InChI is InChI=1S/C38H54N2O4/c1-23(2)32-14-28-16-36(22-41)31-12-11-25(4)30(31)17-37(28,38(32,36)35(42)43)34-15-29(27-9-7-6-8-10-27)33(44-34)21-40(5)20-26-13-24(3)18-39-19-26/h13-14,18-19,22-23,25,27-31,33-34H,6-12,15-17,20-21H2,1-5H3,(H,42,43)/t25-,28?,29?,30-,31-,33?,34?,36?,37?,38+/m1/s1. The number of aliphatic carboxylic acids is 1. The van der Waals surface area contributed by atoms with Crippen molar-refractivity contribution in [3.63, 3.8) is 0 Å². The lowest BCUT2D eigenvalue weighted by molar-refractivity contribution is -0.197. The molecule has 0 spiro atoms. The zero-order valence-corrected chi connectivity index (χ0v) is 27.6. The molecule has 44 heavy (non-hydrogen) atoms. The van der Waals surface area contributed by atoms with E-state index in [1.165, 1.54) is 43.2 Å². The number of fused-ring (bicyclic) bond motifs is 2. The number of likely N-dealkylation sites (N-methyl/N-ethyl adjacent to an activating group) is 1. The van der Waals surface area contributed by atoms with Crippen molar-refractivity contribution in [2.75, 3.05) is 13.6 Å². The smallest absolute Gasteiger partial charge is 0.315 e. The first-order valence-electron chi connectivity index (χ1n) is 17.8. The quantitative estimate of drug-likeness (QED) is 0.240. The molecule has 0 amide bonds. The molecule has 1 aromatic rings. The number of hydrogen-bond acceptors (Lipinski definition) is 5. The second kappa shape index (κ2) is 11.0. The van der Waals surface area contributed by atoms with Crippen LogP contribution in [0, 0.1) is 64.6 Å². The van der Waals surface area contributed by atoms with E-state index in [0.717, 1.165) is 50.6 Å². The second-order valence-corrected chi connectivity index (χ2v) is 16.4. The average Bonchev–Trinajstić information content (AvgIpc) is 3.71. The Morgan fingerprint density at radius 3 is 2.59 bits per heavy atom. The number of ether oxygens (including phenoxy) is 1. The van der Waals surface area contributed by atoms with Gasteiger partial charge in [0, 0.05) is 30.9 Å². The number of allylic oxidation sites excluding steroid dienone is 1. The van der Waals surface area contributed by atoms with Crippen LogP contribution in [0.3, 0.4) is 0 Å². The van der Waals surface area contributed by atoms with E-state index in [4.69, 9.17) is 4.74 Å². The fraction of sp³-hybridized carbons (Fsp3) is 0.763. The van der Waals surface area contributed by atoms with Crippen LogP contribution in [0.2, 0.25) is 0 Å². The summed E-state index contributed by atoms with van der Waals surface area (Å²) in [6, 6.07) is 2.21. The van der Waals surface area contributed by atoms with Crippen LogP contribution in [0.5, 0.6) is 0 Å². The molecule has 5 fully saturated rings. The van der Waals surface area contributed by atoms with Crippen molar-refractivity contribution in [1.82, 2.24) is 9.88 Å². The molecule has 10 atom stereocenters. The summed E-state index contributed by atoms with van der Waals surface area (Å²) in [5.74, 6) is 1.54. The topological polar surface area (TPSA) is 79.7 Å². The summed E-state index contributed by atoms with van der Waals surface area (Å²) in [4.78, 5) is 34.5. The van der Waals surface area contributed by atoms with Gasteiger partial charge in [-0.3, -0.25) is 14.7 Å². The van der Waals surface area contributed by atoms with Gasteiger partial charge in [0.1, 0.15) is 11.7 Å². The van der Waals surface area contributed by atoms with Gasteiger partial charge in [-0.1, -0.05) is 77.0 Å². The number of carboxylic acids is 1. The molecule has 0 radical (unpaired) electrons. The van der Waals surface area contributed by atoms with Gasteiger partial charge in [-0.15, -0.1) is 0 Å². The van der Waals surface area contributed by atoms with Crippen LogP contribution in [-0.4, -0.2) is 53.0 Å². The number of carbonyl (C=O) groups is 2. The number of carboxylic acid groups (broad SMARTS) is 1. The van der Waals surface area contributed by atoms with Crippen LogP contribution < -0.4 is 0 Å². The largest absolute Gasteiger partial charge is 0.481 e. The number of nitrogens with zero attached hydrogens (tertiary/aromatic N) is 2. The van der Waals surface area contributed by atoms with E-state index in [9.17, 15) is 14.7 Å². The van der Waals surface area contributed by atoms with Crippen LogP contribution in [0.1, 0.15) is 96.1 Å². The van der Waals surface area contributed by atoms with Gasteiger partial charge >= 0.3 is 5.97 Å². The highest BCUT2D eigenvalue weighted by Crippen LogP contribution is 2.84. The van der Waals surface area contributed by atoms with Crippen molar-refractivity contribution in [3.8, 4) is 0 Å². The van der Waals surface area contributed by atoms with E-state index in [1.54, 1.807) is 0 Å². The minimum Gasteiger partial charge on any atom is -0.481 e. The Labute approximate surface area is 264 Å². The first-order chi connectivity index (χ1) is 21.1. The van der Waals surface area contributed by atoms with E-state index in [0.29, 0.717) is 30.1 Å². The second-order valence-electron chi connectivity index (χ2n) is 16.4. The summed E-state index contributed by atoms with van der Waals surface area (Å²) < 4.78 is 7.41. The van der Waals surface area contributed by atoms with Gasteiger partial charge in [-0.25, -0.2) is 0 Å².